The van der Waals surface area contributed by atoms with Gasteiger partial charge in [-0.2, -0.15) is 5.10 Å². The highest BCUT2D eigenvalue weighted by molar-refractivity contribution is 7.16. The number of aromatic nitrogens is 2. The van der Waals surface area contributed by atoms with Gasteiger partial charge in [0.2, 0.25) is 0 Å². The molecular weight excluding hydrogens is 342 g/mol. The van der Waals surface area contributed by atoms with Gasteiger partial charge in [0.15, 0.2) is 0 Å². The second-order valence-corrected chi connectivity index (χ2v) is 9.23. The number of H-pyrrole nitrogens is 1. The van der Waals surface area contributed by atoms with E-state index in [0.717, 1.165) is 30.2 Å². The van der Waals surface area contributed by atoms with Crippen LogP contribution in [-0.2, 0) is 16.8 Å². The average Bonchev–Trinajstić information content (AvgIpc) is 3.13. The van der Waals surface area contributed by atoms with Crippen molar-refractivity contribution in [2.75, 3.05) is 6.61 Å². The van der Waals surface area contributed by atoms with Crippen LogP contribution >= 0.6 is 22.9 Å². The maximum absolute atomic E-state index is 6.41. The number of piperidine rings is 1. The lowest BCUT2D eigenvalue weighted by molar-refractivity contribution is -0.0957. The molecule has 4 heterocycles. The van der Waals surface area contributed by atoms with Gasteiger partial charge in [-0.15, -0.1) is 11.3 Å². The summed E-state index contributed by atoms with van der Waals surface area (Å²) in [6, 6.07) is 5.03. The van der Waals surface area contributed by atoms with E-state index in [4.69, 9.17) is 16.3 Å². The molecule has 3 atom stereocenters. The molecule has 0 aromatic carbocycles. The number of aromatic amines is 1. The van der Waals surface area contributed by atoms with Crippen LogP contribution < -0.4 is 5.32 Å². The molecule has 0 unspecified atom stereocenters. The molecule has 3 aliphatic rings. The summed E-state index contributed by atoms with van der Waals surface area (Å²) in [5.74, 6) is 0.679. The van der Waals surface area contributed by atoms with E-state index >= 15 is 0 Å². The van der Waals surface area contributed by atoms with E-state index in [-0.39, 0.29) is 11.6 Å². The van der Waals surface area contributed by atoms with E-state index in [1.807, 2.05) is 0 Å². The molecule has 1 saturated heterocycles. The van der Waals surface area contributed by atoms with Crippen LogP contribution in [0.2, 0.25) is 4.34 Å². The van der Waals surface area contributed by atoms with Crippen LogP contribution in [0, 0.1) is 0 Å². The summed E-state index contributed by atoms with van der Waals surface area (Å²) in [5.41, 5.74) is 3.60. The minimum atomic E-state index is -0.203. The Morgan fingerprint density at radius 3 is 3.04 bits per heavy atom. The summed E-state index contributed by atoms with van der Waals surface area (Å²) < 4.78 is 7.29. The van der Waals surface area contributed by atoms with E-state index in [9.17, 15) is 0 Å². The molecular formula is C18H22ClN3OS. The zero-order valence-corrected chi connectivity index (χ0v) is 15.3. The predicted octanol–water partition coefficient (Wildman–Crippen LogP) is 4.28. The Kier molecular flexibility index (Phi) is 3.56. The predicted molar refractivity (Wildman–Crippen MR) is 95.8 cm³/mol. The van der Waals surface area contributed by atoms with Crippen molar-refractivity contribution in [2.24, 2.45) is 0 Å². The van der Waals surface area contributed by atoms with E-state index < -0.39 is 0 Å². The molecule has 1 aliphatic carbocycles. The van der Waals surface area contributed by atoms with Crippen LogP contribution in [-0.4, -0.2) is 22.8 Å². The number of hydrogen-bond acceptors (Lipinski definition) is 4. The summed E-state index contributed by atoms with van der Waals surface area (Å²) in [6.07, 6.45) is 5.47. The molecule has 0 radical (unpaired) electrons. The number of fused-ring (bicyclic) bond motifs is 2. The highest BCUT2D eigenvalue weighted by Gasteiger charge is 2.46. The lowest BCUT2D eigenvalue weighted by atomic mass is 9.79. The first-order valence-electron chi connectivity index (χ1n) is 8.87. The van der Waals surface area contributed by atoms with Crippen LogP contribution in [0.25, 0.3) is 0 Å². The minimum absolute atomic E-state index is 0.203. The van der Waals surface area contributed by atoms with Crippen molar-refractivity contribution in [3.63, 3.8) is 0 Å². The Balaban J connectivity index is 1.49. The standard InChI is InChI=1S/C18H22ClN3OS/c1-10-8-18(17-12(4-5-23-18)6-16(19)24-17)9-15(20-10)14-7-13(21-22-14)11-2-3-11/h6-7,10-11,15,20H,2-5,8-9H2,1H3,(H,21,22)/t10-,15-,18-/m0/s1. The molecule has 4 nitrogen and oxygen atoms in total. The lowest BCUT2D eigenvalue weighted by Gasteiger charge is -2.45. The van der Waals surface area contributed by atoms with Crippen LogP contribution in [0.5, 0.6) is 0 Å². The summed E-state index contributed by atoms with van der Waals surface area (Å²) in [5, 5.41) is 11.5. The number of nitrogens with one attached hydrogen (secondary N) is 2. The Morgan fingerprint density at radius 2 is 2.21 bits per heavy atom. The fourth-order valence-electron chi connectivity index (χ4n) is 4.38. The third-order valence-electron chi connectivity index (χ3n) is 5.59. The molecule has 0 bridgehead atoms. The van der Waals surface area contributed by atoms with Crippen molar-refractivity contribution in [3.05, 3.63) is 38.3 Å². The SMILES string of the molecule is C[C@H]1C[C@@]2(C[C@@H](c3cc(C4CC4)n[nH]3)N1)OCCc1cc(Cl)sc12. The maximum Gasteiger partial charge on any atom is 0.106 e. The summed E-state index contributed by atoms with van der Waals surface area (Å²) in [7, 11) is 0. The topological polar surface area (TPSA) is 49.9 Å². The van der Waals surface area contributed by atoms with Crippen LogP contribution in [0.3, 0.4) is 0 Å². The first-order chi connectivity index (χ1) is 11.6. The van der Waals surface area contributed by atoms with Crippen molar-refractivity contribution in [2.45, 2.75) is 62.6 Å². The third-order valence-corrected chi connectivity index (χ3v) is 7.08. The molecule has 2 aliphatic heterocycles. The number of thiophene rings is 1. The lowest BCUT2D eigenvalue weighted by Crippen LogP contribution is -2.49. The Labute approximate surface area is 150 Å². The van der Waals surface area contributed by atoms with Crippen LogP contribution in [0.1, 0.15) is 66.4 Å². The summed E-state index contributed by atoms with van der Waals surface area (Å²) >= 11 is 8.02. The highest BCUT2D eigenvalue weighted by atomic mass is 35.5. The molecule has 1 spiro atoms. The number of hydrogen-bond donors (Lipinski definition) is 2. The van der Waals surface area contributed by atoms with Crippen LogP contribution in [0.15, 0.2) is 12.1 Å². The van der Waals surface area contributed by atoms with Gasteiger partial charge < -0.3 is 10.1 Å². The van der Waals surface area contributed by atoms with Crippen molar-refractivity contribution in [3.8, 4) is 0 Å². The van der Waals surface area contributed by atoms with Gasteiger partial charge in [-0.25, -0.2) is 0 Å². The first kappa shape index (κ1) is 15.4. The second-order valence-electron chi connectivity index (χ2n) is 7.55. The van der Waals surface area contributed by atoms with E-state index in [1.54, 1.807) is 11.3 Å². The molecule has 2 aromatic rings. The first-order valence-corrected chi connectivity index (χ1v) is 10.1. The van der Waals surface area contributed by atoms with Gasteiger partial charge in [-0.05, 0) is 50.3 Å². The van der Waals surface area contributed by atoms with Gasteiger partial charge in [-0.3, -0.25) is 5.10 Å². The Bertz CT molecular complexity index is 768. The van der Waals surface area contributed by atoms with Gasteiger partial charge in [0, 0.05) is 23.3 Å². The summed E-state index contributed by atoms with van der Waals surface area (Å²) in [6.45, 7) is 3.04. The zero-order chi connectivity index (χ0) is 16.3. The Hall–Kier alpha value is -0.880. The van der Waals surface area contributed by atoms with Crippen molar-refractivity contribution in [1.29, 1.82) is 0 Å². The van der Waals surface area contributed by atoms with Gasteiger partial charge in [0.1, 0.15) is 5.60 Å². The van der Waals surface area contributed by atoms with E-state index in [0.29, 0.717) is 12.0 Å². The number of nitrogens with zero attached hydrogens (tertiary/aromatic N) is 1. The van der Waals surface area contributed by atoms with Crippen LogP contribution in [0.4, 0.5) is 0 Å². The normalized spacial score (nSPS) is 32.9. The molecule has 2 fully saturated rings. The maximum atomic E-state index is 6.41. The fraction of sp³-hybridized carbons (Fsp3) is 0.611. The molecule has 1 saturated carbocycles. The molecule has 24 heavy (non-hydrogen) atoms. The molecule has 2 N–H and O–H groups in total. The van der Waals surface area contributed by atoms with E-state index in [2.05, 4.69) is 34.6 Å². The van der Waals surface area contributed by atoms with E-state index in [1.165, 1.54) is 34.7 Å². The monoisotopic (exact) mass is 363 g/mol. The number of halogens is 1. The molecule has 6 heteroatoms. The average molecular weight is 364 g/mol. The summed E-state index contributed by atoms with van der Waals surface area (Å²) in [4.78, 5) is 1.35. The third kappa shape index (κ3) is 2.53. The van der Waals surface area contributed by atoms with Gasteiger partial charge >= 0.3 is 0 Å². The Morgan fingerprint density at radius 1 is 1.33 bits per heavy atom. The van der Waals surface area contributed by atoms with Gasteiger partial charge in [0.05, 0.1) is 28.4 Å². The quantitative estimate of drug-likeness (QED) is 0.837. The largest absolute Gasteiger partial charge is 0.369 e. The zero-order valence-electron chi connectivity index (χ0n) is 13.8. The number of rotatable bonds is 2. The molecule has 128 valence electrons. The smallest absolute Gasteiger partial charge is 0.106 e. The van der Waals surface area contributed by atoms with Gasteiger partial charge in [0.25, 0.3) is 0 Å². The van der Waals surface area contributed by atoms with Crippen molar-refractivity contribution >= 4 is 22.9 Å². The van der Waals surface area contributed by atoms with Crippen molar-refractivity contribution in [1.82, 2.24) is 15.5 Å². The van der Waals surface area contributed by atoms with Crippen molar-refractivity contribution < 1.29 is 4.74 Å². The second kappa shape index (κ2) is 5.56. The fourth-order valence-corrected chi connectivity index (χ4v) is 5.84. The highest BCUT2D eigenvalue weighted by Crippen LogP contribution is 2.50. The minimum Gasteiger partial charge on any atom is -0.369 e. The van der Waals surface area contributed by atoms with Gasteiger partial charge in [-0.1, -0.05) is 11.6 Å². The number of ether oxygens (including phenoxy) is 1. The molecule has 2 aromatic heterocycles. The molecule has 5 rings (SSSR count). The molecule has 0 amide bonds.